The van der Waals surface area contributed by atoms with Gasteiger partial charge in [0.25, 0.3) is 11.6 Å². The van der Waals surface area contributed by atoms with Crippen LogP contribution in [0, 0.1) is 10.1 Å². The molecule has 6 nitrogen and oxygen atoms in total. The second kappa shape index (κ2) is 8.14. The molecule has 136 valence electrons. The van der Waals surface area contributed by atoms with Crippen molar-refractivity contribution in [3.8, 4) is 11.5 Å². The average Bonchev–Trinajstić information content (AvgIpc) is 2.69. The Morgan fingerprint density at radius 1 is 0.963 bits per heavy atom. The molecule has 1 amide bonds. The summed E-state index contributed by atoms with van der Waals surface area (Å²) >= 11 is 0. The minimum absolute atomic E-state index is 0.00754. The smallest absolute Gasteiger partial charge is 0.269 e. The van der Waals surface area contributed by atoms with E-state index in [0.29, 0.717) is 22.6 Å². The standard InChI is InChI=1S/C21H18N2O4/c1-15(16-7-5-9-18(13-16)23(25)26)22-21(24)17-8-6-12-20(14-17)27-19-10-3-2-4-11-19/h2-15H,1H3,(H,22,24). The Labute approximate surface area is 156 Å². The van der Waals surface area contributed by atoms with Crippen LogP contribution in [0.3, 0.4) is 0 Å². The van der Waals surface area contributed by atoms with Crippen LogP contribution >= 0.6 is 0 Å². The number of hydrogen-bond donors (Lipinski definition) is 1. The van der Waals surface area contributed by atoms with Crippen molar-refractivity contribution in [1.82, 2.24) is 5.32 Å². The molecular weight excluding hydrogens is 344 g/mol. The van der Waals surface area contributed by atoms with Crippen LogP contribution < -0.4 is 10.1 Å². The van der Waals surface area contributed by atoms with E-state index < -0.39 is 4.92 Å². The Bertz CT molecular complexity index is 957. The normalized spacial score (nSPS) is 11.4. The Kier molecular flexibility index (Phi) is 5.47. The lowest BCUT2D eigenvalue weighted by Crippen LogP contribution is -2.26. The van der Waals surface area contributed by atoms with Gasteiger partial charge in [0, 0.05) is 17.7 Å². The van der Waals surface area contributed by atoms with Crippen molar-refractivity contribution >= 4 is 11.6 Å². The maximum absolute atomic E-state index is 12.6. The predicted molar refractivity (Wildman–Crippen MR) is 102 cm³/mol. The SMILES string of the molecule is CC(NC(=O)c1cccc(Oc2ccccc2)c1)c1cccc([N+](=O)[O-])c1. The Hall–Kier alpha value is -3.67. The summed E-state index contributed by atoms with van der Waals surface area (Å²) in [5.41, 5.74) is 1.10. The van der Waals surface area contributed by atoms with Crippen LogP contribution in [-0.4, -0.2) is 10.8 Å². The fraction of sp³-hybridized carbons (Fsp3) is 0.0952. The molecule has 3 aromatic rings. The highest BCUT2D eigenvalue weighted by Crippen LogP contribution is 2.23. The van der Waals surface area contributed by atoms with Crippen LogP contribution in [0.2, 0.25) is 0 Å². The Morgan fingerprint density at radius 2 is 1.67 bits per heavy atom. The summed E-state index contributed by atoms with van der Waals surface area (Å²) in [6.07, 6.45) is 0. The summed E-state index contributed by atoms with van der Waals surface area (Å²) < 4.78 is 5.75. The second-order valence-corrected chi connectivity index (χ2v) is 5.99. The number of carbonyl (C=O) groups is 1. The third kappa shape index (κ3) is 4.70. The summed E-state index contributed by atoms with van der Waals surface area (Å²) in [7, 11) is 0. The number of para-hydroxylation sites is 1. The monoisotopic (exact) mass is 362 g/mol. The molecule has 0 heterocycles. The third-order valence-electron chi connectivity index (χ3n) is 4.00. The molecular formula is C21H18N2O4. The molecule has 0 spiro atoms. The molecule has 0 saturated heterocycles. The number of non-ortho nitro benzene ring substituents is 1. The maximum atomic E-state index is 12.6. The molecule has 0 aliphatic carbocycles. The van der Waals surface area contributed by atoms with Crippen LogP contribution in [0.4, 0.5) is 5.69 Å². The molecule has 0 aliphatic rings. The van der Waals surface area contributed by atoms with Crippen LogP contribution in [0.1, 0.15) is 28.9 Å². The highest BCUT2D eigenvalue weighted by Gasteiger charge is 2.15. The van der Waals surface area contributed by atoms with Crippen LogP contribution in [0.25, 0.3) is 0 Å². The predicted octanol–water partition coefficient (Wildman–Crippen LogP) is 4.88. The molecule has 1 atom stereocenters. The van der Waals surface area contributed by atoms with E-state index in [1.807, 2.05) is 30.3 Å². The molecule has 1 unspecified atom stereocenters. The number of rotatable bonds is 6. The first-order chi connectivity index (χ1) is 13.0. The highest BCUT2D eigenvalue weighted by molar-refractivity contribution is 5.94. The van der Waals surface area contributed by atoms with Crippen LogP contribution in [-0.2, 0) is 0 Å². The van der Waals surface area contributed by atoms with E-state index in [0.717, 1.165) is 0 Å². The number of hydrogen-bond acceptors (Lipinski definition) is 4. The largest absolute Gasteiger partial charge is 0.457 e. The maximum Gasteiger partial charge on any atom is 0.269 e. The molecule has 27 heavy (non-hydrogen) atoms. The number of amides is 1. The second-order valence-electron chi connectivity index (χ2n) is 5.99. The number of ether oxygens (including phenoxy) is 1. The van der Waals surface area contributed by atoms with E-state index in [9.17, 15) is 14.9 Å². The zero-order valence-corrected chi connectivity index (χ0v) is 14.7. The first-order valence-corrected chi connectivity index (χ1v) is 8.41. The van der Waals surface area contributed by atoms with Gasteiger partial charge in [-0.25, -0.2) is 0 Å². The van der Waals surface area contributed by atoms with Crippen molar-refractivity contribution in [2.24, 2.45) is 0 Å². The van der Waals surface area contributed by atoms with E-state index in [2.05, 4.69) is 5.32 Å². The van der Waals surface area contributed by atoms with Crippen molar-refractivity contribution in [2.75, 3.05) is 0 Å². The van der Waals surface area contributed by atoms with Gasteiger partial charge in [-0.15, -0.1) is 0 Å². The quantitative estimate of drug-likeness (QED) is 0.500. The number of nitro groups is 1. The highest BCUT2D eigenvalue weighted by atomic mass is 16.6. The first kappa shape index (κ1) is 18.1. The molecule has 0 radical (unpaired) electrons. The van der Waals surface area contributed by atoms with Crippen molar-refractivity contribution in [2.45, 2.75) is 13.0 Å². The van der Waals surface area contributed by atoms with Gasteiger partial charge in [-0.2, -0.15) is 0 Å². The van der Waals surface area contributed by atoms with Gasteiger partial charge in [-0.1, -0.05) is 36.4 Å². The number of nitro benzene ring substituents is 1. The van der Waals surface area contributed by atoms with Gasteiger partial charge in [-0.3, -0.25) is 14.9 Å². The molecule has 3 aromatic carbocycles. The summed E-state index contributed by atoms with van der Waals surface area (Å²) in [6.45, 7) is 1.78. The zero-order valence-electron chi connectivity index (χ0n) is 14.7. The minimum Gasteiger partial charge on any atom is -0.457 e. The van der Waals surface area contributed by atoms with Crippen molar-refractivity contribution in [3.05, 3.63) is 100 Å². The van der Waals surface area contributed by atoms with Gasteiger partial charge in [0.2, 0.25) is 0 Å². The van der Waals surface area contributed by atoms with Gasteiger partial charge in [0.15, 0.2) is 0 Å². The molecule has 0 bridgehead atoms. The lowest BCUT2D eigenvalue weighted by Gasteiger charge is -2.15. The molecule has 0 saturated carbocycles. The summed E-state index contributed by atoms with van der Waals surface area (Å²) in [5.74, 6) is 0.949. The fourth-order valence-electron chi connectivity index (χ4n) is 2.60. The topological polar surface area (TPSA) is 81.5 Å². The van der Waals surface area contributed by atoms with Gasteiger partial charge in [-0.05, 0) is 42.8 Å². The molecule has 1 N–H and O–H groups in total. The van der Waals surface area contributed by atoms with Crippen molar-refractivity contribution in [1.29, 1.82) is 0 Å². The van der Waals surface area contributed by atoms with E-state index in [4.69, 9.17) is 4.74 Å². The van der Waals surface area contributed by atoms with Crippen LogP contribution in [0.5, 0.6) is 11.5 Å². The molecule has 3 rings (SSSR count). The Morgan fingerprint density at radius 3 is 2.41 bits per heavy atom. The Balaban J connectivity index is 1.71. The van der Waals surface area contributed by atoms with Crippen molar-refractivity contribution in [3.63, 3.8) is 0 Å². The van der Waals surface area contributed by atoms with Crippen LogP contribution in [0.15, 0.2) is 78.9 Å². The lowest BCUT2D eigenvalue weighted by atomic mass is 10.1. The lowest BCUT2D eigenvalue weighted by molar-refractivity contribution is -0.384. The summed E-state index contributed by atoms with van der Waals surface area (Å²) in [6, 6.07) is 22.0. The minimum atomic E-state index is -0.456. The molecule has 0 aromatic heterocycles. The fourth-order valence-corrected chi connectivity index (χ4v) is 2.60. The zero-order chi connectivity index (χ0) is 19.2. The number of nitrogens with zero attached hydrogens (tertiary/aromatic N) is 1. The van der Waals surface area contributed by atoms with E-state index >= 15 is 0 Å². The van der Waals surface area contributed by atoms with E-state index in [1.54, 1.807) is 43.3 Å². The van der Waals surface area contributed by atoms with Gasteiger partial charge >= 0.3 is 0 Å². The van der Waals surface area contributed by atoms with Gasteiger partial charge in [0.1, 0.15) is 11.5 Å². The van der Waals surface area contributed by atoms with Crippen molar-refractivity contribution < 1.29 is 14.5 Å². The third-order valence-corrected chi connectivity index (χ3v) is 4.00. The molecule has 6 heteroatoms. The molecule has 0 fully saturated rings. The van der Waals surface area contributed by atoms with Gasteiger partial charge < -0.3 is 10.1 Å². The summed E-state index contributed by atoms with van der Waals surface area (Å²) in [5, 5.41) is 13.8. The average molecular weight is 362 g/mol. The van der Waals surface area contributed by atoms with Gasteiger partial charge in [0.05, 0.1) is 11.0 Å². The number of nitrogens with one attached hydrogen (secondary N) is 1. The molecule has 0 aliphatic heterocycles. The van der Waals surface area contributed by atoms with E-state index in [-0.39, 0.29) is 17.6 Å². The number of carbonyl (C=O) groups excluding carboxylic acids is 1. The van der Waals surface area contributed by atoms with E-state index in [1.165, 1.54) is 12.1 Å². The first-order valence-electron chi connectivity index (χ1n) is 8.41. The summed E-state index contributed by atoms with van der Waals surface area (Å²) in [4.78, 5) is 23.0. The number of benzene rings is 3.